The molecule has 3 aliphatic carbocycles. The van der Waals surface area contributed by atoms with Gasteiger partial charge < -0.3 is 9.29 Å². The Morgan fingerprint density at radius 2 is 1.74 bits per heavy atom. The van der Waals surface area contributed by atoms with Crippen LogP contribution in [0.5, 0.6) is 5.75 Å². The maximum Gasteiger partial charge on any atom is 0.534 e. The van der Waals surface area contributed by atoms with Crippen molar-refractivity contribution in [2.75, 3.05) is 0 Å². The molecule has 1 fully saturated rings. The van der Waals surface area contributed by atoms with Crippen molar-refractivity contribution in [3.63, 3.8) is 0 Å². The van der Waals surface area contributed by atoms with Crippen LogP contribution in [0.4, 0.5) is 13.2 Å². The first kappa shape index (κ1) is 16.6. The summed E-state index contributed by atoms with van der Waals surface area (Å²) in [4.78, 5) is 0. The van der Waals surface area contributed by atoms with Crippen molar-refractivity contribution in [2.45, 2.75) is 56.1 Å². The standard InChI is InChI=1S/C15H17F3O4S/c1-8(19)11-6-12-9-2-4-10(5-3-9)14(12)13(7-11)22-23(20,21)15(16,17)18/h6-10,19H,2-5H2,1H3. The summed E-state index contributed by atoms with van der Waals surface area (Å²) in [6.45, 7) is 1.48. The first-order valence-electron chi connectivity index (χ1n) is 7.46. The molecule has 4 rings (SSSR count). The highest BCUT2D eigenvalue weighted by Gasteiger charge is 2.49. The minimum atomic E-state index is -5.73. The van der Waals surface area contributed by atoms with Crippen molar-refractivity contribution in [2.24, 2.45) is 0 Å². The fourth-order valence-electron chi connectivity index (χ4n) is 3.61. The van der Waals surface area contributed by atoms with Gasteiger partial charge in [0, 0.05) is 5.56 Å². The zero-order valence-electron chi connectivity index (χ0n) is 12.4. The Morgan fingerprint density at radius 3 is 2.26 bits per heavy atom. The van der Waals surface area contributed by atoms with Gasteiger partial charge in [-0.2, -0.15) is 21.6 Å². The monoisotopic (exact) mass is 350 g/mol. The topological polar surface area (TPSA) is 63.6 Å². The van der Waals surface area contributed by atoms with E-state index in [1.54, 1.807) is 6.07 Å². The molecule has 0 radical (unpaired) electrons. The molecule has 1 atom stereocenters. The fraction of sp³-hybridized carbons (Fsp3) is 0.600. The zero-order valence-corrected chi connectivity index (χ0v) is 13.2. The minimum Gasteiger partial charge on any atom is -0.389 e. The van der Waals surface area contributed by atoms with Crippen LogP contribution >= 0.6 is 0 Å². The van der Waals surface area contributed by atoms with E-state index in [1.165, 1.54) is 13.0 Å². The van der Waals surface area contributed by atoms with Crippen molar-refractivity contribution in [3.05, 3.63) is 28.8 Å². The molecule has 1 aromatic carbocycles. The van der Waals surface area contributed by atoms with Crippen molar-refractivity contribution in [1.29, 1.82) is 0 Å². The average Bonchev–Trinajstić information content (AvgIpc) is 2.46. The van der Waals surface area contributed by atoms with Crippen LogP contribution in [-0.4, -0.2) is 19.0 Å². The van der Waals surface area contributed by atoms with Crippen LogP contribution in [0.2, 0.25) is 0 Å². The van der Waals surface area contributed by atoms with E-state index in [1.807, 2.05) is 0 Å². The van der Waals surface area contributed by atoms with E-state index in [2.05, 4.69) is 4.18 Å². The van der Waals surface area contributed by atoms with Gasteiger partial charge in [0.25, 0.3) is 0 Å². The minimum absolute atomic E-state index is 0.0106. The van der Waals surface area contributed by atoms with E-state index in [4.69, 9.17) is 0 Å². The van der Waals surface area contributed by atoms with E-state index >= 15 is 0 Å². The lowest BCUT2D eigenvalue weighted by molar-refractivity contribution is -0.0500. The lowest BCUT2D eigenvalue weighted by atomic mass is 9.66. The second-order valence-corrected chi connectivity index (χ2v) is 7.77. The average molecular weight is 350 g/mol. The van der Waals surface area contributed by atoms with Gasteiger partial charge in [-0.1, -0.05) is 6.07 Å². The van der Waals surface area contributed by atoms with Gasteiger partial charge in [0.15, 0.2) is 0 Å². The summed E-state index contributed by atoms with van der Waals surface area (Å²) in [5.41, 5.74) is -3.74. The number of fused-ring (bicyclic) bond motifs is 2. The third-order valence-electron chi connectivity index (χ3n) is 4.74. The van der Waals surface area contributed by atoms with Gasteiger partial charge in [0.05, 0.1) is 6.10 Å². The Labute approximate surface area is 132 Å². The maximum absolute atomic E-state index is 12.6. The molecule has 128 valence electrons. The van der Waals surface area contributed by atoms with Gasteiger partial charge in [-0.15, -0.1) is 0 Å². The molecule has 0 amide bonds. The number of hydrogen-bond acceptors (Lipinski definition) is 4. The van der Waals surface area contributed by atoms with Crippen LogP contribution in [0.15, 0.2) is 12.1 Å². The zero-order chi connectivity index (χ0) is 17.0. The second-order valence-electron chi connectivity index (χ2n) is 6.23. The van der Waals surface area contributed by atoms with E-state index in [9.17, 15) is 26.7 Å². The molecule has 0 saturated heterocycles. The lowest BCUT2D eigenvalue weighted by Crippen LogP contribution is -2.30. The number of aliphatic hydroxyl groups is 1. The molecule has 2 bridgehead atoms. The molecule has 0 aliphatic heterocycles. The molecular weight excluding hydrogens is 333 g/mol. The highest BCUT2D eigenvalue weighted by atomic mass is 32.2. The molecule has 0 heterocycles. The summed E-state index contributed by atoms with van der Waals surface area (Å²) >= 11 is 0. The summed E-state index contributed by atoms with van der Waals surface area (Å²) in [6, 6.07) is 2.98. The van der Waals surface area contributed by atoms with E-state index in [0.717, 1.165) is 31.2 Å². The predicted octanol–water partition coefficient (Wildman–Crippen LogP) is 3.72. The molecule has 1 saturated carbocycles. The SMILES string of the molecule is CC(O)c1cc(OS(=O)(=O)C(F)(F)F)c2c(c1)C1CCC2CC1. The van der Waals surface area contributed by atoms with Crippen LogP contribution in [-0.2, 0) is 10.1 Å². The van der Waals surface area contributed by atoms with Crippen molar-refractivity contribution < 1.29 is 30.9 Å². The van der Waals surface area contributed by atoms with Crippen molar-refractivity contribution in [3.8, 4) is 5.75 Å². The van der Waals surface area contributed by atoms with Crippen molar-refractivity contribution >= 4 is 10.1 Å². The van der Waals surface area contributed by atoms with Crippen LogP contribution in [0.1, 0.15) is 67.2 Å². The number of halogens is 3. The molecule has 8 heteroatoms. The molecule has 23 heavy (non-hydrogen) atoms. The molecule has 0 spiro atoms. The largest absolute Gasteiger partial charge is 0.534 e. The second kappa shape index (κ2) is 5.37. The molecule has 1 unspecified atom stereocenters. The van der Waals surface area contributed by atoms with E-state index in [-0.39, 0.29) is 17.6 Å². The number of aliphatic hydroxyl groups excluding tert-OH is 1. The van der Waals surface area contributed by atoms with Gasteiger partial charge in [-0.05, 0) is 61.6 Å². The summed E-state index contributed by atoms with van der Waals surface area (Å²) < 4.78 is 65.1. The normalized spacial score (nSPS) is 25.1. The summed E-state index contributed by atoms with van der Waals surface area (Å²) in [5.74, 6) is -0.0914. The van der Waals surface area contributed by atoms with Crippen LogP contribution < -0.4 is 4.18 Å². The highest BCUT2D eigenvalue weighted by Crippen LogP contribution is 2.53. The Balaban J connectivity index is 2.13. The molecule has 3 aliphatic rings. The van der Waals surface area contributed by atoms with Crippen LogP contribution in [0, 0.1) is 0 Å². The van der Waals surface area contributed by atoms with Gasteiger partial charge >= 0.3 is 15.6 Å². The van der Waals surface area contributed by atoms with Gasteiger partial charge in [-0.25, -0.2) is 0 Å². The number of hydrogen-bond donors (Lipinski definition) is 1. The maximum atomic E-state index is 12.6. The van der Waals surface area contributed by atoms with Gasteiger partial charge in [-0.3, -0.25) is 0 Å². The van der Waals surface area contributed by atoms with E-state index < -0.39 is 21.7 Å². The number of alkyl halides is 3. The third kappa shape index (κ3) is 2.82. The van der Waals surface area contributed by atoms with Crippen LogP contribution in [0.3, 0.4) is 0 Å². The Hall–Kier alpha value is -1.28. The summed E-state index contributed by atoms with van der Waals surface area (Å²) in [6.07, 6.45) is 2.55. The smallest absolute Gasteiger partial charge is 0.389 e. The molecular formula is C15H17F3O4S. The van der Waals surface area contributed by atoms with Crippen LogP contribution in [0.25, 0.3) is 0 Å². The third-order valence-corrected chi connectivity index (χ3v) is 5.70. The van der Waals surface area contributed by atoms with E-state index in [0.29, 0.717) is 11.1 Å². The molecule has 1 aromatic rings. The first-order chi connectivity index (χ1) is 10.6. The quantitative estimate of drug-likeness (QED) is 0.667. The summed E-state index contributed by atoms with van der Waals surface area (Å²) in [7, 11) is -5.73. The number of rotatable bonds is 3. The first-order valence-corrected chi connectivity index (χ1v) is 8.87. The fourth-order valence-corrected chi connectivity index (χ4v) is 4.08. The molecule has 4 nitrogen and oxygen atoms in total. The van der Waals surface area contributed by atoms with Gasteiger partial charge in [0.2, 0.25) is 0 Å². The summed E-state index contributed by atoms with van der Waals surface area (Å²) in [5, 5.41) is 9.75. The highest BCUT2D eigenvalue weighted by molar-refractivity contribution is 7.88. The Kier molecular flexibility index (Phi) is 3.87. The Bertz CT molecular complexity index is 717. The Morgan fingerprint density at radius 1 is 1.17 bits per heavy atom. The molecule has 0 aromatic heterocycles. The lowest BCUT2D eigenvalue weighted by Gasteiger charge is -2.39. The molecule has 1 N–H and O–H groups in total. The number of benzene rings is 1. The van der Waals surface area contributed by atoms with Gasteiger partial charge in [0.1, 0.15) is 5.75 Å². The van der Waals surface area contributed by atoms with Crippen molar-refractivity contribution in [1.82, 2.24) is 0 Å². The predicted molar refractivity (Wildman–Crippen MR) is 76.6 cm³/mol.